The molecule has 8 nitrogen and oxygen atoms in total. The molecule has 2 fully saturated rings. The van der Waals surface area contributed by atoms with Gasteiger partial charge in [-0.05, 0) is 50.8 Å². The van der Waals surface area contributed by atoms with Gasteiger partial charge in [-0.25, -0.2) is 9.59 Å². The standard InChI is InChI=1S/C25H33ClN4O4/c1-3-30-20(16-28-12-5-13-29(15-14-28)23(31)18-6-7-18)21(24(32)34-4-2)22(27-25(30)33)17-8-10-19(26)11-9-17/h8-11,18,22H,3-7,12-16H2,1-2H3,(H,27,33)/t22-/m0/s1. The SMILES string of the molecule is CCOC(=O)C1=C(CN2CCCN(C(=O)C3CC3)CC2)N(CC)C(=O)N[C@H]1c1ccc(Cl)cc1. The maximum Gasteiger partial charge on any atom is 0.338 e. The normalized spacial score (nSPS) is 21.9. The monoisotopic (exact) mass is 488 g/mol. The third-order valence-electron chi connectivity index (χ3n) is 6.65. The van der Waals surface area contributed by atoms with Crippen LogP contribution in [0.5, 0.6) is 0 Å². The molecular formula is C25H33ClN4O4. The highest BCUT2D eigenvalue weighted by Gasteiger charge is 2.39. The molecule has 2 aliphatic heterocycles. The smallest absolute Gasteiger partial charge is 0.338 e. The number of carbonyl (C=O) groups is 3. The topological polar surface area (TPSA) is 82.2 Å². The maximum atomic E-state index is 13.2. The number of urea groups is 1. The van der Waals surface area contributed by atoms with Crippen molar-refractivity contribution >= 4 is 29.5 Å². The highest BCUT2D eigenvalue weighted by molar-refractivity contribution is 6.30. The lowest BCUT2D eigenvalue weighted by molar-refractivity contribution is -0.139. The Kier molecular flexibility index (Phi) is 7.78. The van der Waals surface area contributed by atoms with Gasteiger partial charge in [0.25, 0.3) is 0 Å². The van der Waals surface area contributed by atoms with E-state index in [1.807, 2.05) is 24.0 Å². The lowest BCUT2D eigenvalue weighted by Gasteiger charge is -2.38. The number of benzene rings is 1. The number of rotatable bonds is 7. The van der Waals surface area contributed by atoms with Crippen LogP contribution in [0.25, 0.3) is 0 Å². The average molecular weight is 489 g/mol. The Morgan fingerprint density at radius 2 is 1.82 bits per heavy atom. The van der Waals surface area contributed by atoms with E-state index >= 15 is 0 Å². The van der Waals surface area contributed by atoms with E-state index in [2.05, 4.69) is 10.2 Å². The summed E-state index contributed by atoms with van der Waals surface area (Å²) in [6.45, 7) is 7.67. The Morgan fingerprint density at radius 1 is 1.09 bits per heavy atom. The van der Waals surface area contributed by atoms with Crippen molar-refractivity contribution in [3.63, 3.8) is 0 Å². The van der Waals surface area contributed by atoms with Crippen LogP contribution in [0.15, 0.2) is 35.5 Å². The van der Waals surface area contributed by atoms with E-state index in [9.17, 15) is 14.4 Å². The second kappa shape index (κ2) is 10.8. The highest BCUT2D eigenvalue weighted by Crippen LogP contribution is 2.33. The molecular weight excluding hydrogens is 456 g/mol. The first kappa shape index (κ1) is 24.5. The van der Waals surface area contributed by atoms with Crippen LogP contribution in [-0.2, 0) is 14.3 Å². The van der Waals surface area contributed by atoms with E-state index in [1.165, 1.54) is 0 Å². The van der Waals surface area contributed by atoms with Gasteiger partial charge in [0.15, 0.2) is 0 Å². The zero-order valence-electron chi connectivity index (χ0n) is 19.9. The summed E-state index contributed by atoms with van der Waals surface area (Å²) in [6.07, 6.45) is 2.86. The number of amides is 3. The minimum atomic E-state index is -0.624. The molecule has 1 saturated carbocycles. The molecule has 0 radical (unpaired) electrons. The molecule has 0 bridgehead atoms. The van der Waals surface area contributed by atoms with Crippen molar-refractivity contribution in [1.29, 1.82) is 0 Å². The first-order valence-corrected chi connectivity index (χ1v) is 12.6. The molecule has 3 amide bonds. The minimum Gasteiger partial charge on any atom is -0.463 e. The summed E-state index contributed by atoms with van der Waals surface area (Å²) in [4.78, 5) is 44.7. The predicted molar refractivity (Wildman–Crippen MR) is 129 cm³/mol. The summed E-state index contributed by atoms with van der Waals surface area (Å²) in [5.74, 6) is 0.0435. The van der Waals surface area contributed by atoms with Gasteiger partial charge in [0.05, 0.1) is 18.2 Å². The van der Waals surface area contributed by atoms with Crippen molar-refractivity contribution in [1.82, 2.24) is 20.0 Å². The van der Waals surface area contributed by atoms with Gasteiger partial charge in [-0.1, -0.05) is 23.7 Å². The van der Waals surface area contributed by atoms with E-state index in [0.29, 0.717) is 42.5 Å². The summed E-state index contributed by atoms with van der Waals surface area (Å²) >= 11 is 6.07. The molecule has 0 spiro atoms. The van der Waals surface area contributed by atoms with Crippen LogP contribution < -0.4 is 5.32 Å². The van der Waals surface area contributed by atoms with Crippen molar-refractivity contribution in [2.45, 2.75) is 39.2 Å². The van der Waals surface area contributed by atoms with Crippen LogP contribution in [0.2, 0.25) is 5.02 Å². The van der Waals surface area contributed by atoms with E-state index in [1.54, 1.807) is 24.0 Å². The number of likely N-dealkylation sites (N-methyl/N-ethyl adjacent to an activating group) is 1. The third kappa shape index (κ3) is 5.39. The Bertz CT molecular complexity index is 960. The number of nitrogens with zero attached hydrogens (tertiary/aromatic N) is 3. The summed E-state index contributed by atoms with van der Waals surface area (Å²) < 4.78 is 5.44. The molecule has 3 aliphatic rings. The number of esters is 1. The molecule has 2 heterocycles. The van der Waals surface area contributed by atoms with E-state index in [4.69, 9.17) is 16.3 Å². The number of hydrogen-bond acceptors (Lipinski definition) is 5. The van der Waals surface area contributed by atoms with Crippen molar-refractivity contribution in [3.05, 3.63) is 46.1 Å². The molecule has 1 atom stereocenters. The van der Waals surface area contributed by atoms with Gasteiger partial charge in [0, 0.05) is 55.9 Å². The quantitative estimate of drug-likeness (QED) is 0.596. The fourth-order valence-electron chi connectivity index (χ4n) is 4.71. The lowest BCUT2D eigenvalue weighted by Crippen LogP contribution is -2.51. The van der Waals surface area contributed by atoms with Crippen molar-refractivity contribution in [2.24, 2.45) is 5.92 Å². The number of ether oxygens (including phenoxy) is 1. The molecule has 0 aromatic heterocycles. The summed E-state index contributed by atoms with van der Waals surface area (Å²) in [6, 6.07) is 6.26. The Balaban J connectivity index is 1.64. The van der Waals surface area contributed by atoms with Gasteiger partial charge in [-0.2, -0.15) is 0 Å². The maximum absolute atomic E-state index is 13.2. The van der Waals surface area contributed by atoms with Gasteiger partial charge < -0.3 is 15.0 Å². The zero-order valence-corrected chi connectivity index (χ0v) is 20.6. The molecule has 1 aliphatic carbocycles. The molecule has 34 heavy (non-hydrogen) atoms. The Hall–Kier alpha value is -2.58. The molecule has 0 unspecified atom stereocenters. The van der Waals surface area contributed by atoms with Crippen molar-refractivity contribution in [2.75, 3.05) is 45.9 Å². The summed E-state index contributed by atoms with van der Waals surface area (Å²) in [5, 5.41) is 3.56. The average Bonchev–Trinajstić information content (AvgIpc) is 3.67. The molecule has 1 saturated heterocycles. The Labute approximate surface area is 205 Å². The highest BCUT2D eigenvalue weighted by atomic mass is 35.5. The van der Waals surface area contributed by atoms with Crippen molar-refractivity contribution < 1.29 is 19.1 Å². The van der Waals surface area contributed by atoms with Gasteiger partial charge in [-0.3, -0.25) is 14.6 Å². The molecule has 184 valence electrons. The number of carbonyl (C=O) groups excluding carboxylic acids is 3. The van der Waals surface area contributed by atoms with Crippen molar-refractivity contribution in [3.8, 4) is 0 Å². The summed E-state index contributed by atoms with van der Waals surface area (Å²) in [5.41, 5.74) is 1.87. The molecule has 4 rings (SSSR count). The molecule has 1 N–H and O–H groups in total. The molecule has 1 aromatic rings. The van der Waals surface area contributed by atoms with E-state index in [0.717, 1.165) is 37.9 Å². The second-order valence-corrected chi connectivity index (χ2v) is 9.42. The van der Waals surface area contributed by atoms with Gasteiger partial charge >= 0.3 is 12.0 Å². The Morgan fingerprint density at radius 3 is 2.47 bits per heavy atom. The van der Waals surface area contributed by atoms with Crippen LogP contribution in [0.1, 0.15) is 44.7 Å². The van der Waals surface area contributed by atoms with Crippen LogP contribution in [0, 0.1) is 5.92 Å². The van der Waals surface area contributed by atoms with Crippen LogP contribution in [0.4, 0.5) is 4.79 Å². The minimum absolute atomic E-state index is 0.211. The fourth-order valence-corrected chi connectivity index (χ4v) is 4.84. The number of halogens is 1. The molecule has 1 aromatic carbocycles. The van der Waals surface area contributed by atoms with E-state index in [-0.39, 0.29) is 24.5 Å². The van der Waals surface area contributed by atoms with Crippen LogP contribution in [-0.4, -0.2) is 78.5 Å². The lowest BCUT2D eigenvalue weighted by atomic mass is 9.94. The van der Waals surface area contributed by atoms with E-state index < -0.39 is 12.0 Å². The largest absolute Gasteiger partial charge is 0.463 e. The molecule has 9 heteroatoms. The number of hydrogen-bond donors (Lipinski definition) is 1. The van der Waals surface area contributed by atoms with Crippen LogP contribution in [0.3, 0.4) is 0 Å². The van der Waals surface area contributed by atoms with Gasteiger partial charge in [-0.15, -0.1) is 0 Å². The van der Waals surface area contributed by atoms with Crippen LogP contribution >= 0.6 is 11.6 Å². The fraction of sp³-hybridized carbons (Fsp3) is 0.560. The summed E-state index contributed by atoms with van der Waals surface area (Å²) in [7, 11) is 0. The zero-order chi connectivity index (χ0) is 24.2. The number of nitrogens with one attached hydrogen (secondary N) is 1. The van der Waals surface area contributed by atoms with Gasteiger partial charge in [0.1, 0.15) is 0 Å². The van der Waals surface area contributed by atoms with Gasteiger partial charge in [0.2, 0.25) is 5.91 Å². The second-order valence-electron chi connectivity index (χ2n) is 8.99. The first-order chi connectivity index (χ1) is 16.4. The predicted octanol–water partition coefficient (Wildman–Crippen LogP) is 3.19. The first-order valence-electron chi connectivity index (χ1n) is 12.2. The third-order valence-corrected chi connectivity index (χ3v) is 6.91.